The largest absolute Gasteiger partial charge is 0.396 e. The maximum atomic E-state index is 12.8. The van der Waals surface area contributed by atoms with Gasteiger partial charge in [-0.2, -0.15) is 11.8 Å². The number of rotatable bonds is 17. The van der Waals surface area contributed by atoms with Gasteiger partial charge in [-0.15, -0.1) is 0 Å². The van der Waals surface area contributed by atoms with Gasteiger partial charge in [0.15, 0.2) is 5.96 Å². The molecule has 0 aromatic rings. The van der Waals surface area contributed by atoms with Crippen LogP contribution in [-0.2, 0) is 4.79 Å². The quantitative estimate of drug-likeness (QED) is 0.112. The number of hydrogen-bond donors (Lipinski definition) is 5. The number of carbonyl (C=O) groups is 1. The lowest BCUT2D eigenvalue weighted by atomic mass is 9.77. The molecule has 0 spiro atoms. The molecule has 0 aromatic carbocycles. The molecule has 0 saturated carbocycles. The average molecular weight is 516 g/mol. The van der Waals surface area contributed by atoms with Crippen LogP contribution in [0.3, 0.4) is 0 Å². The van der Waals surface area contributed by atoms with E-state index in [1.165, 1.54) is 0 Å². The number of nitrogens with two attached hydrogens (primary N) is 1. The molecule has 0 fully saturated rings. The van der Waals surface area contributed by atoms with Crippen LogP contribution >= 0.6 is 11.8 Å². The molecule has 4 atom stereocenters. The number of carbonyl (C=O) groups excluding carboxylic acids is 1. The highest BCUT2D eigenvalue weighted by atomic mass is 32.2. The van der Waals surface area contributed by atoms with Crippen molar-refractivity contribution in [2.75, 3.05) is 33.0 Å². The molecule has 0 saturated heterocycles. The Labute approximate surface area is 220 Å². The molecule has 0 aliphatic rings. The van der Waals surface area contributed by atoms with Gasteiger partial charge in [0.25, 0.3) is 0 Å². The first-order chi connectivity index (χ1) is 16.2. The zero-order valence-corrected chi connectivity index (χ0v) is 25.3. The Balaban J connectivity index is 4.97. The van der Waals surface area contributed by atoms with E-state index in [2.05, 4.69) is 76.3 Å². The third kappa shape index (κ3) is 12.7. The van der Waals surface area contributed by atoms with Gasteiger partial charge < -0.3 is 26.8 Å². The summed E-state index contributed by atoms with van der Waals surface area (Å²) in [4.78, 5) is 16.9. The number of aliphatic hydroxyl groups excluding tert-OH is 1. The van der Waals surface area contributed by atoms with E-state index in [1.807, 2.05) is 18.8 Å². The van der Waals surface area contributed by atoms with Crippen LogP contribution in [-0.4, -0.2) is 66.3 Å². The van der Waals surface area contributed by atoms with Gasteiger partial charge in [-0.1, -0.05) is 41.5 Å². The summed E-state index contributed by atoms with van der Waals surface area (Å²) in [5.41, 5.74) is 5.90. The van der Waals surface area contributed by atoms with Gasteiger partial charge in [0.05, 0.1) is 6.04 Å². The Morgan fingerprint density at radius 3 is 2.09 bits per heavy atom. The number of hydrogen-bond acceptors (Lipinski definition) is 5. The Hall–Kier alpha value is -0.990. The standard InChI is InChI=1S/C27H57N5O2S/c1-11-25(6,19-33)18-27(8,13-3)35-20-26(7,12-2)17-24(4,5)32-22(34)21(28)15-14-16-31-23(29-9)30-10/h21,33H,11-20,28H2,1-10H3,(H,32,34)(H2,29,30,31). The van der Waals surface area contributed by atoms with Gasteiger partial charge in [0.2, 0.25) is 5.91 Å². The number of aliphatic hydroxyl groups is 1. The van der Waals surface area contributed by atoms with Crippen LogP contribution in [0.15, 0.2) is 4.99 Å². The summed E-state index contributed by atoms with van der Waals surface area (Å²) in [6.45, 7) is 18.7. The van der Waals surface area contributed by atoms with E-state index in [0.29, 0.717) is 13.0 Å². The molecule has 6 N–H and O–H groups in total. The molecule has 0 bridgehead atoms. The van der Waals surface area contributed by atoms with Gasteiger partial charge in [-0.05, 0) is 75.4 Å². The summed E-state index contributed by atoms with van der Waals surface area (Å²) in [5.74, 6) is 1.66. The maximum Gasteiger partial charge on any atom is 0.237 e. The minimum Gasteiger partial charge on any atom is -0.396 e. The van der Waals surface area contributed by atoms with Crippen LogP contribution < -0.4 is 21.7 Å². The van der Waals surface area contributed by atoms with Crippen molar-refractivity contribution in [1.82, 2.24) is 16.0 Å². The lowest BCUT2D eigenvalue weighted by Gasteiger charge is -2.42. The van der Waals surface area contributed by atoms with Crippen LogP contribution in [0, 0.1) is 10.8 Å². The van der Waals surface area contributed by atoms with Crippen molar-refractivity contribution >= 4 is 23.6 Å². The predicted molar refractivity (Wildman–Crippen MR) is 154 cm³/mol. The van der Waals surface area contributed by atoms with Crippen molar-refractivity contribution in [2.24, 2.45) is 21.6 Å². The second kappa shape index (κ2) is 15.3. The molecule has 0 radical (unpaired) electrons. The van der Waals surface area contributed by atoms with Gasteiger partial charge in [-0.3, -0.25) is 9.79 Å². The van der Waals surface area contributed by atoms with Crippen LogP contribution in [0.25, 0.3) is 0 Å². The van der Waals surface area contributed by atoms with Crippen molar-refractivity contribution in [3.8, 4) is 0 Å². The fraction of sp³-hybridized carbons (Fsp3) is 0.926. The molecule has 0 aliphatic heterocycles. The highest BCUT2D eigenvalue weighted by molar-refractivity contribution is 8.00. The Bertz CT molecular complexity index is 653. The first kappa shape index (κ1) is 34.0. The molecule has 1 amide bonds. The van der Waals surface area contributed by atoms with Gasteiger partial charge in [-0.25, -0.2) is 0 Å². The smallest absolute Gasteiger partial charge is 0.237 e. The number of amides is 1. The second-order valence-electron chi connectivity index (χ2n) is 11.8. The molecule has 4 unspecified atom stereocenters. The van der Waals surface area contributed by atoms with E-state index >= 15 is 0 Å². The Morgan fingerprint density at radius 2 is 1.63 bits per heavy atom. The lowest BCUT2D eigenvalue weighted by Crippen LogP contribution is -2.52. The van der Waals surface area contributed by atoms with Gasteiger partial charge in [0, 0.05) is 37.5 Å². The number of nitrogens with one attached hydrogen (secondary N) is 3. The van der Waals surface area contributed by atoms with Crippen molar-refractivity contribution in [2.45, 2.75) is 117 Å². The summed E-state index contributed by atoms with van der Waals surface area (Å²) < 4.78 is 0.114. The van der Waals surface area contributed by atoms with Crippen LogP contribution in [0.5, 0.6) is 0 Å². The number of thioether (sulfide) groups is 1. The van der Waals surface area contributed by atoms with Crippen molar-refractivity contribution in [1.29, 1.82) is 0 Å². The average Bonchev–Trinajstić information content (AvgIpc) is 2.82. The summed E-state index contributed by atoms with van der Waals surface area (Å²) in [6, 6.07) is -0.525. The monoisotopic (exact) mass is 515 g/mol. The zero-order chi connectivity index (χ0) is 27.3. The van der Waals surface area contributed by atoms with E-state index in [1.54, 1.807) is 7.05 Å². The normalized spacial score (nSPS) is 18.7. The minimum atomic E-state index is -0.525. The molecule has 8 heteroatoms. The summed E-state index contributed by atoms with van der Waals surface area (Å²) in [5, 5.41) is 19.3. The fourth-order valence-corrected chi connectivity index (χ4v) is 6.23. The van der Waals surface area contributed by atoms with E-state index in [-0.39, 0.29) is 33.6 Å². The van der Waals surface area contributed by atoms with Crippen LogP contribution in [0.1, 0.15) is 100 Å². The fourth-order valence-electron chi connectivity index (χ4n) is 4.58. The van der Waals surface area contributed by atoms with Crippen LogP contribution in [0.2, 0.25) is 0 Å². The highest BCUT2D eigenvalue weighted by Gasteiger charge is 2.38. The number of guanidine groups is 1. The molecule has 0 aromatic heterocycles. The summed E-state index contributed by atoms with van der Waals surface area (Å²) >= 11 is 2.03. The van der Waals surface area contributed by atoms with Crippen molar-refractivity contribution in [3.63, 3.8) is 0 Å². The third-order valence-corrected chi connectivity index (χ3v) is 9.49. The van der Waals surface area contributed by atoms with E-state index in [0.717, 1.165) is 50.2 Å². The van der Waals surface area contributed by atoms with E-state index < -0.39 is 6.04 Å². The van der Waals surface area contributed by atoms with E-state index in [4.69, 9.17) is 5.73 Å². The predicted octanol–water partition coefficient (Wildman–Crippen LogP) is 4.29. The zero-order valence-electron chi connectivity index (χ0n) is 24.4. The first-order valence-electron chi connectivity index (χ1n) is 13.4. The molecular formula is C27H57N5O2S. The molecular weight excluding hydrogens is 458 g/mol. The highest BCUT2D eigenvalue weighted by Crippen LogP contribution is 2.45. The SMILES string of the molecule is CCC(C)(CSC(C)(CC)CC(C)(CC)CO)CC(C)(C)NC(=O)C(N)CCCN/C(=N/C)NC. The Kier molecular flexibility index (Phi) is 14.9. The maximum absolute atomic E-state index is 12.8. The second-order valence-corrected chi connectivity index (χ2v) is 13.4. The molecule has 7 nitrogen and oxygen atoms in total. The lowest BCUT2D eigenvalue weighted by molar-refractivity contribution is -0.124. The number of aliphatic imine (C=N–C) groups is 1. The van der Waals surface area contributed by atoms with Crippen LogP contribution in [0.4, 0.5) is 0 Å². The molecule has 0 aliphatic carbocycles. The van der Waals surface area contributed by atoms with E-state index in [9.17, 15) is 9.90 Å². The summed E-state index contributed by atoms with van der Waals surface area (Å²) in [7, 11) is 3.54. The third-order valence-electron chi connectivity index (χ3n) is 7.52. The van der Waals surface area contributed by atoms with Crippen molar-refractivity contribution < 1.29 is 9.90 Å². The first-order valence-corrected chi connectivity index (χ1v) is 14.4. The van der Waals surface area contributed by atoms with Gasteiger partial charge in [0.1, 0.15) is 0 Å². The number of nitrogens with zero attached hydrogens (tertiary/aromatic N) is 1. The summed E-state index contributed by atoms with van der Waals surface area (Å²) in [6.07, 6.45) is 6.37. The molecule has 0 rings (SSSR count). The molecule has 0 heterocycles. The molecule has 208 valence electrons. The van der Waals surface area contributed by atoms with Gasteiger partial charge >= 0.3 is 0 Å². The van der Waals surface area contributed by atoms with Crippen molar-refractivity contribution in [3.05, 3.63) is 0 Å². The minimum absolute atomic E-state index is 0.0444. The molecule has 35 heavy (non-hydrogen) atoms. The topological polar surface area (TPSA) is 112 Å². The Morgan fingerprint density at radius 1 is 1.03 bits per heavy atom.